The first-order chi connectivity index (χ1) is 10.1. The third-order valence-corrected chi connectivity index (χ3v) is 3.72. The first kappa shape index (κ1) is 14.3. The molecule has 1 heterocycles. The van der Waals surface area contributed by atoms with E-state index in [2.05, 4.69) is 15.7 Å². The number of halogens is 2. The number of anilines is 1. The Morgan fingerprint density at radius 1 is 1.48 bits per heavy atom. The normalized spacial score (nSPS) is 14.0. The number of nitrogens with one attached hydrogen (secondary N) is 2. The number of thiocarbonyl (C=S) groups is 1. The van der Waals surface area contributed by atoms with Crippen LogP contribution < -0.4 is 10.6 Å². The standard InChI is InChI=1S/C14H14ClFN4S/c15-13-5-10(16)2-1-9(13)7-20-8-12(6-17-20)19-14(21)18-11-3-4-11/h1-2,5-6,8,11H,3-4,7H2,(H2,18,19,21). The number of benzene rings is 1. The second kappa shape index (κ2) is 5.99. The molecule has 0 aliphatic heterocycles. The number of nitrogens with zero attached hydrogens (tertiary/aromatic N) is 2. The summed E-state index contributed by atoms with van der Waals surface area (Å²) in [6, 6.07) is 4.86. The molecule has 1 aliphatic carbocycles. The number of aromatic nitrogens is 2. The Bertz CT molecular complexity index is 669. The highest BCUT2D eigenvalue weighted by Gasteiger charge is 2.21. The molecule has 1 aromatic heterocycles. The van der Waals surface area contributed by atoms with Crippen molar-refractivity contribution >= 4 is 34.6 Å². The van der Waals surface area contributed by atoms with Crippen LogP contribution in [0.1, 0.15) is 18.4 Å². The van der Waals surface area contributed by atoms with E-state index in [4.69, 9.17) is 23.8 Å². The fourth-order valence-electron chi connectivity index (χ4n) is 1.92. The zero-order chi connectivity index (χ0) is 14.8. The highest BCUT2D eigenvalue weighted by atomic mass is 35.5. The topological polar surface area (TPSA) is 41.9 Å². The molecule has 0 spiro atoms. The molecule has 21 heavy (non-hydrogen) atoms. The van der Waals surface area contributed by atoms with Crippen LogP contribution in [0.5, 0.6) is 0 Å². The molecule has 2 aromatic rings. The average molecular weight is 325 g/mol. The zero-order valence-electron chi connectivity index (χ0n) is 11.1. The lowest BCUT2D eigenvalue weighted by molar-refractivity contribution is 0.624. The quantitative estimate of drug-likeness (QED) is 0.848. The van der Waals surface area contributed by atoms with Gasteiger partial charge in [0, 0.05) is 17.3 Å². The molecule has 1 aliphatic rings. The van der Waals surface area contributed by atoms with Crippen LogP contribution in [0.3, 0.4) is 0 Å². The molecule has 110 valence electrons. The molecule has 0 unspecified atom stereocenters. The molecule has 4 nitrogen and oxygen atoms in total. The van der Waals surface area contributed by atoms with Crippen LogP contribution in [0, 0.1) is 5.82 Å². The van der Waals surface area contributed by atoms with Gasteiger partial charge in [0.15, 0.2) is 5.11 Å². The fraction of sp³-hybridized carbons (Fsp3) is 0.286. The minimum atomic E-state index is -0.344. The van der Waals surface area contributed by atoms with E-state index in [1.807, 2.05) is 6.20 Å². The van der Waals surface area contributed by atoms with Crippen LogP contribution in [-0.2, 0) is 6.54 Å². The van der Waals surface area contributed by atoms with Crippen molar-refractivity contribution < 1.29 is 4.39 Å². The Morgan fingerprint density at radius 3 is 3.00 bits per heavy atom. The molecule has 0 amide bonds. The van der Waals surface area contributed by atoms with Crippen molar-refractivity contribution in [1.29, 1.82) is 0 Å². The summed E-state index contributed by atoms with van der Waals surface area (Å²) in [5, 5.41) is 11.5. The van der Waals surface area contributed by atoms with Crippen LogP contribution in [0.25, 0.3) is 0 Å². The summed E-state index contributed by atoms with van der Waals surface area (Å²) in [5.74, 6) is -0.344. The molecule has 0 radical (unpaired) electrons. The van der Waals surface area contributed by atoms with E-state index >= 15 is 0 Å². The van der Waals surface area contributed by atoms with Gasteiger partial charge < -0.3 is 10.6 Å². The van der Waals surface area contributed by atoms with E-state index in [9.17, 15) is 4.39 Å². The highest BCUT2D eigenvalue weighted by molar-refractivity contribution is 7.80. The van der Waals surface area contributed by atoms with Crippen molar-refractivity contribution in [3.8, 4) is 0 Å². The summed E-state index contributed by atoms with van der Waals surface area (Å²) in [6.07, 6.45) is 5.87. The molecular formula is C14H14ClFN4S. The minimum Gasteiger partial charge on any atom is -0.360 e. The maximum Gasteiger partial charge on any atom is 0.171 e. The molecule has 1 fully saturated rings. The SMILES string of the molecule is Fc1ccc(Cn2cc(NC(=S)NC3CC3)cn2)c(Cl)c1. The maximum atomic E-state index is 13.0. The third kappa shape index (κ3) is 3.92. The Kier molecular flexibility index (Phi) is 4.07. The van der Waals surface area contributed by atoms with Crippen LogP contribution in [0.2, 0.25) is 5.02 Å². The number of rotatable bonds is 4. The molecule has 0 saturated heterocycles. The Labute approximate surface area is 132 Å². The van der Waals surface area contributed by atoms with Gasteiger partial charge in [0.2, 0.25) is 0 Å². The highest BCUT2D eigenvalue weighted by Crippen LogP contribution is 2.20. The van der Waals surface area contributed by atoms with Gasteiger partial charge in [-0.05, 0) is 42.8 Å². The smallest absolute Gasteiger partial charge is 0.171 e. The van der Waals surface area contributed by atoms with Crippen molar-refractivity contribution in [2.45, 2.75) is 25.4 Å². The van der Waals surface area contributed by atoms with E-state index in [1.54, 1.807) is 16.9 Å². The van der Waals surface area contributed by atoms with Gasteiger partial charge in [0.25, 0.3) is 0 Å². The number of hydrogen-bond donors (Lipinski definition) is 2. The van der Waals surface area contributed by atoms with Crippen molar-refractivity contribution in [2.75, 3.05) is 5.32 Å². The first-order valence-electron chi connectivity index (χ1n) is 6.64. The summed E-state index contributed by atoms with van der Waals surface area (Å²) in [7, 11) is 0. The van der Waals surface area contributed by atoms with Crippen molar-refractivity contribution in [1.82, 2.24) is 15.1 Å². The lowest BCUT2D eigenvalue weighted by atomic mass is 10.2. The summed E-state index contributed by atoms with van der Waals surface area (Å²) in [4.78, 5) is 0. The largest absolute Gasteiger partial charge is 0.360 e. The van der Waals surface area contributed by atoms with Gasteiger partial charge in [-0.15, -0.1) is 0 Å². The van der Waals surface area contributed by atoms with Crippen molar-refractivity contribution in [3.63, 3.8) is 0 Å². The lowest BCUT2D eigenvalue weighted by Crippen LogP contribution is -2.29. The Balaban J connectivity index is 1.62. The van der Waals surface area contributed by atoms with Gasteiger partial charge in [0.1, 0.15) is 5.82 Å². The molecular weight excluding hydrogens is 311 g/mol. The zero-order valence-corrected chi connectivity index (χ0v) is 12.7. The molecule has 2 N–H and O–H groups in total. The van der Waals surface area contributed by atoms with Crippen LogP contribution >= 0.6 is 23.8 Å². The summed E-state index contributed by atoms with van der Waals surface area (Å²) >= 11 is 11.2. The van der Waals surface area contributed by atoms with E-state index < -0.39 is 0 Å². The van der Waals surface area contributed by atoms with Gasteiger partial charge in [0.05, 0.1) is 18.4 Å². The molecule has 1 aromatic carbocycles. The second-order valence-corrected chi connectivity index (χ2v) is 5.85. The molecule has 1 saturated carbocycles. The fourth-order valence-corrected chi connectivity index (χ4v) is 2.43. The molecule has 3 rings (SSSR count). The Morgan fingerprint density at radius 2 is 2.29 bits per heavy atom. The van der Waals surface area contributed by atoms with E-state index in [0.29, 0.717) is 22.7 Å². The van der Waals surface area contributed by atoms with E-state index in [1.165, 1.54) is 25.0 Å². The lowest BCUT2D eigenvalue weighted by Gasteiger charge is -2.07. The summed E-state index contributed by atoms with van der Waals surface area (Å²) in [5.41, 5.74) is 1.62. The predicted octanol–water partition coefficient (Wildman–Crippen LogP) is 3.17. The van der Waals surface area contributed by atoms with Gasteiger partial charge in [-0.3, -0.25) is 4.68 Å². The van der Waals surface area contributed by atoms with Crippen LogP contribution in [0.4, 0.5) is 10.1 Å². The summed E-state index contributed by atoms with van der Waals surface area (Å²) in [6.45, 7) is 0.476. The van der Waals surface area contributed by atoms with Gasteiger partial charge in [-0.2, -0.15) is 5.10 Å². The van der Waals surface area contributed by atoms with Gasteiger partial charge in [-0.25, -0.2) is 4.39 Å². The summed E-state index contributed by atoms with van der Waals surface area (Å²) < 4.78 is 14.7. The Hall–Kier alpha value is -1.66. The first-order valence-corrected chi connectivity index (χ1v) is 7.43. The van der Waals surface area contributed by atoms with E-state index in [0.717, 1.165) is 11.3 Å². The molecule has 0 bridgehead atoms. The van der Waals surface area contributed by atoms with E-state index in [-0.39, 0.29) is 5.82 Å². The van der Waals surface area contributed by atoms with Gasteiger partial charge in [-0.1, -0.05) is 17.7 Å². The van der Waals surface area contributed by atoms with Crippen LogP contribution in [-0.4, -0.2) is 20.9 Å². The number of hydrogen-bond acceptors (Lipinski definition) is 2. The monoisotopic (exact) mass is 324 g/mol. The van der Waals surface area contributed by atoms with Gasteiger partial charge >= 0.3 is 0 Å². The molecule has 0 atom stereocenters. The van der Waals surface area contributed by atoms with Crippen molar-refractivity contribution in [3.05, 3.63) is 47.0 Å². The average Bonchev–Trinajstić information content (AvgIpc) is 3.12. The third-order valence-electron chi connectivity index (χ3n) is 3.15. The predicted molar refractivity (Wildman–Crippen MR) is 85.1 cm³/mol. The maximum absolute atomic E-state index is 13.0. The van der Waals surface area contributed by atoms with Crippen LogP contribution in [0.15, 0.2) is 30.6 Å². The minimum absolute atomic E-state index is 0.344. The van der Waals surface area contributed by atoms with Crippen molar-refractivity contribution in [2.24, 2.45) is 0 Å². The molecule has 7 heteroatoms. The second-order valence-electron chi connectivity index (χ2n) is 5.04.